The lowest BCUT2D eigenvalue weighted by Crippen LogP contribution is -2.49. The summed E-state index contributed by atoms with van der Waals surface area (Å²) in [5.74, 6) is 2.53. The van der Waals surface area contributed by atoms with Gasteiger partial charge in [0, 0.05) is 51.4 Å². The number of nitrogens with one attached hydrogen (secondary N) is 2. The molecule has 0 saturated carbocycles. The smallest absolute Gasteiger partial charge is 0.191 e. The lowest BCUT2D eigenvalue weighted by Gasteiger charge is -2.34. The van der Waals surface area contributed by atoms with Crippen molar-refractivity contribution in [3.63, 3.8) is 0 Å². The highest BCUT2D eigenvalue weighted by Gasteiger charge is 2.24. The first-order chi connectivity index (χ1) is 12.7. The van der Waals surface area contributed by atoms with Gasteiger partial charge in [-0.1, -0.05) is 5.16 Å². The maximum Gasteiger partial charge on any atom is 0.191 e. The quantitative estimate of drug-likeness (QED) is 0.361. The van der Waals surface area contributed by atoms with E-state index in [-0.39, 0.29) is 24.0 Å². The van der Waals surface area contributed by atoms with Crippen LogP contribution in [0.25, 0.3) is 0 Å². The van der Waals surface area contributed by atoms with Gasteiger partial charge in [-0.25, -0.2) is 0 Å². The fourth-order valence-corrected chi connectivity index (χ4v) is 3.91. The second-order valence-electron chi connectivity index (χ2n) is 7.50. The minimum absolute atomic E-state index is 0. The number of aryl methyl sites for hydroxylation is 2. The summed E-state index contributed by atoms with van der Waals surface area (Å²) in [5, 5.41) is 11.0. The Hall–Kier alpha value is -0.870. The highest BCUT2D eigenvalue weighted by Crippen LogP contribution is 2.17. The minimum atomic E-state index is 0. The molecule has 0 amide bonds. The summed E-state index contributed by atoms with van der Waals surface area (Å²) in [5.41, 5.74) is 2.17. The molecule has 1 aromatic rings. The Morgan fingerprint density at radius 1 is 1.26 bits per heavy atom. The SMILES string of the molecule is CN=C(NCCc1c(C)noc1C)NC1CCN(CC2CCOC2)CC1.I. The molecule has 7 nitrogen and oxygen atoms in total. The second kappa shape index (κ2) is 11.2. The molecule has 0 aliphatic carbocycles. The van der Waals surface area contributed by atoms with Crippen molar-refractivity contribution in [1.29, 1.82) is 0 Å². The average Bonchev–Trinajstić information content (AvgIpc) is 3.27. The van der Waals surface area contributed by atoms with Crippen LogP contribution in [0.15, 0.2) is 9.52 Å². The van der Waals surface area contributed by atoms with Gasteiger partial charge < -0.3 is 24.8 Å². The highest BCUT2D eigenvalue weighted by molar-refractivity contribution is 14.0. The van der Waals surface area contributed by atoms with E-state index >= 15 is 0 Å². The third-order valence-corrected chi connectivity index (χ3v) is 5.54. The van der Waals surface area contributed by atoms with Crippen LogP contribution in [0, 0.1) is 19.8 Å². The molecule has 0 aromatic carbocycles. The zero-order valence-corrected chi connectivity index (χ0v) is 19.1. The molecule has 3 heterocycles. The van der Waals surface area contributed by atoms with Gasteiger partial charge in [-0.05, 0) is 45.4 Å². The molecule has 2 aliphatic rings. The monoisotopic (exact) mass is 491 g/mol. The van der Waals surface area contributed by atoms with Gasteiger partial charge in [0.25, 0.3) is 0 Å². The Balaban J connectivity index is 0.00000261. The number of hydrogen-bond donors (Lipinski definition) is 2. The first kappa shape index (κ1) is 22.4. The summed E-state index contributed by atoms with van der Waals surface area (Å²) >= 11 is 0. The third kappa shape index (κ3) is 6.60. The van der Waals surface area contributed by atoms with Crippen LogP contribution in [0.4, 0.5) is 0 Å². The van der Waals surface area contributed by atoms with E-state index in [1.165, 1.54) is 18.5 Å². The normalized spacial score (nSPS) is 21.9. The lowest BCUT2D eigenvalue weighted by molar-refractivity contribution is 0.150. The van der Waals surface area contributed by atoms with Crippen LogP contribution in [-0.2, 0) is 11.2 Å². The van der Waals surface area contributed by atoms with Gasteiger partial charge in [0.15, 0.2) is 5.96 Å². The molecule has 1 unspecified atom stereocenters. The molecule has 3 rings (SSSR count). The van der Waals surface area contributed by atoms with E-state index < -0.39 is 0 Å². The summed E-state index contributed by atoms with van der Waals surface area (Å²) in [7, 11) is 1.83. The molecule has 2 N–H and O–H groups in total. The van der Waals surface area contributed by atoms with Gasteiger partial charge in [0.05, 0.1) is 12.3 Å². The number of guanidine groups is 1. The number of ether oxygens (including phenoxy) is 1. The van der Waals surface area contributed by atoms with Crippen LogP contribution in [0.2, 0.25) is 0 Å². The van der Waals surface area contributed by atoms with Crippen molar-refractivity contribution >= 4 is 29.9 Å². The van der Waals surface area contributed by atoms with E-state index in [1.807, 2.05) is 20.9 Å². The van der Waals surface area contributed by atoms with Crippen molar-refractivity contribution in [2.24, 2.45) is 10.9 Å². The van der Waals surface area contributed by atoms with Gasteiger partial charge in [-0.3, -0.25) is 4.99 Å². The largest absolute Gasteiger partial charge is 0.381 e. The molecule has 1 aromatic heterocycles. The van der Waals surface area contributed by atoms with Crippen LogP contribution in [0.1, 0.15) is 36.3 Å². The van der Waals surface area contributed by atoms with Crippen molar-refractivity contribution in [1.82, 2.24) is 20.7 Å². The average molecular weight is 491 g/mol. The molecular formula is C19H34IN5O2. The van der Waals surface area contributed by atoms with Crippen LogP contribution in [0.3, 0.4) is 0 Å². The lowest BCUT2D eigenvalue weighted by atomic mass is 10.0. The fourth-order valence-electron chi connectivity index (χ4n) is 3.91. The standard InChI is InChI=1S/C19H33N5O2.HI/c1-14-18(15(2)26-23-14)4-8-21-19(20-3)22-17-5-9-24(10-6-17)12-16-7-11-25-13-16;/h16-17H,4-13H2,1-3H3,(H2,20,21,22);1H. The predicted octanol–water partition coefficient (Wildman–Crippen LogP) is 2.12. The van der Waals surface area contributed by atoms with Crippen molar-refractivity contribution in [2.45, 2.75) is 45.6 Å². The van der Waals surface area contributed by atoms with E-state index in [0.29, 0.717) is 6.04 Å². The molecule has 0 spiro atoms. The number of rotatable bonds is 6. The van der Waals surface area contributed by atoms with E-state index in [4.69, 9.17) is 9.26 Å². The zero-order chi connectivity index (χ0) is 18.4. The molecule has 0 radical (unpaired) electrons. The van der Waals surface area contributed by atoms with Crippen molar-refractivity contribution in [3.05, 3.63) is 17.0 Å². The van der Waals surface area contributed by atoms with Crippen molar-refractivity contribution < 1.29 is 9.26 Å². The molecule has 27 heavy (non-hydrogen) atoms. The van der Waals surface area contributed by atoms with Crippen LogP contribution in [-0.4, -0.2) is 68.5 Å². The molecule has 154 valence electrons. The number of halogens is 1. The Morgan fingerprint density at radius 3 is 2.63 bits per heavy atom. The zero-order valence-electron chi connectivity index (χ0n) is 16.8. The molecule has 1 atom stereocenters. The predicted molar refractivity (Wildman–Crippen MR) is 118 cm³/mol. The summed E-state index contributed by atoms with van der Waals surface area (Å²) in [6.45, 7) is 10.2. The summed E-state index contributed by atoms with van der Waals surface area (Å²) in [6, 6.07) is 0.497. The van der Waals surface area contributed by atoms with Gasteiger partial charge in [0.2, 0.25) is 0 Å². The van der Waals surface area contributed by atoms with Crippen LogP contribution >= 0.6 is 24.0 Å². The highest BCUT2D eigenvalue weighted by atomic mass is 127. The van der Waals surface area contributed by atoms with Gasteiger partial charge in [-0.2, -0.15) is 0 Å². The maximum absolute atomic E-state index is 5.49. The maximum atomic E-state index is 5.49. The number of aromatic nitrogens is 1. The van der Waals surface area contributed by atoms with Gasteiger partial charge in [-0.15, -0.1) is 24.0 Å². The van der Waals surface area contributed by atoms with Gasteiger partial charge >= 0.3 is 0 Å². The molecule has 8 heteroatoms. The number of aliphatic imine (C=N–C) groups is 1. The number of piperidine rings is 1. The third-order valence-electron chi connectivity index (χ3n) is 5.54. The van der Waals surface area contributed by atoms with Crippen LogP contribution in [0.5, 0.6) is 0 Å². The molecular weight excluding hydrogens is 457 g/mol. The van der Waals surface area contributed by atoms with E-state index in [1.54, 1.807) is 0 Å². The van der Waals surface area contributed by atoms with Crippen molar-refractivity contribution in [3.8, 4) is 0 Å². The first-order valence-corrected chi connectivity index (χ1v) is 9.84. The molecule has 2 aliphatic heterocycles. The Kier molecular flexibility index (Phi) is 9.31. The van der Waals surface area contributed by atoms with E-state index in [0.717, 1.165) is 75.4 Å². The molecule has 2 fully saturated rings. The van der Waals surface area contributed by atoms with E-state index in [2.05, 4.69) is 25.7 Å². The molecule has 0 bridgehead atoms. The summed E-state index contributed by atoms with van der Waals surface area (Å²) in [6.07, 6.45) is 4.44. The topological polar surface area (TPSA) is 74.9 Å². The van der Waals surface area contributed by atoms with Crippen molar-refractivity contribution in [2.75, 3.05) is 46.4 Å². The van der Waals surface area contributed by atoms with E-state index in [9.17, 15) is 0 Å². The second-order valence-corrected chi connectivity index (χ2v) is 7.50. The number of likely N-dealkylation sites (tertiary alicyclic amines) is 1. The van der Waals surface area contributed by atoms with Gasteiger partial charge in [0.1, 0.15) is 5.76 Å². The molecule has 2 saturated heterocycles. The summed E-state index contributed by atoms with van der Waals surface area (Å²) < 4.78 is 10.7. The Morgan fingerprint density at radius 2 is 2.04 bits per heavy atom. The van der Waals surface area contributed by atoms with Crippen LogP contribution < -0.4 is 10.6 Å². The number of nitrogens with zero attached hydrogens (tertiary/aromatic N) is 3. The Bertz CT molecular complexity index is 573. The first-order valence-electron chi connectivity index (χ1n) is 9.84. The fraction of sp³-hybridized carbons (Fsp3) is 0.789. The Labute approximate surface area is 179 Å². The number of hydrogen-bond acceptors (Lipinski definition) is 5. The summed E-state index contributed by atoms with van der Waals surface area (Å²) in [4.78, 5) is 6.96. The minimum Gasteiger partial charge on any atom is -0.381 e.